The van der Waals surface area contributed by atoms with E-state index in [0.717, 1.165) is 11.3 Å². The minimum atomic E-state index is 0.0120. The first kappa shape index (κ1) is 17.1. The van der Waals surface area contributed by atoms with Crippen molar-refractivity contribution in [3.8, 4) is 0 Å². The van der Waals surface area contributed by atoms with Crippen molar-refractivity contribution >= 4 is 11.8 Å². The molecule has 2 aromatic rings. The number of hydrogen-bond acceptors (Lipinski definition) is 3. The minimum Gasteiger partial charge on any atom is -0.335 e. The number of amides is 2. The maximum Gasteiger partial charge on any atom is 0.242 e. The number of rotatable bonds is 5. The van der Waals surface area contributed by atoms with E-state index in [9.17, 15) is 9.59 Å². The normalized spacial score (nSPS) is 14.7. The molecule has 0 radical (unpaired) electrons. The molecule has 1 fully saturated rings. The number of carbonyl (C=O) groups excluding carboxylic acids is 2. The summed E-state index contributed by atoms with van der Waals surface area (Å²) >= 11 is 0. The lowest BCUT2D eigenvalue weighted by Crippen LogP contribution is -2.51. The number of nitrogens with zero attached hydrogens (tertiary/aromatic N) is 3. The summed E-state index contributed by atoms with van der Waals surface area (Å²) in [4.78, 5) is 32.4. The molecule has 1 saturated heterocycles. The van der Waals surface area contributed by atoms with Crippen LogP contribution in [0.3, 0.4) is 0 Å². The molecular formula is C20H23N3O2. The zero-order valence-electron chi connectivity index (χ0n) is 14.5. The molecule has 0 saturated carbocycles. The van der Waals surface area contributed by atoms with Gasteiger partial charge >= 0.3 is 0 Å². The van der Waals surface area contributed by atoms with Crippen LogP contribution in [-0.2, 0) is 22.6 Å². The molecule has 5 heteroatoms. The standard InChI is InChI=1S/C20H23N3O2/c1-16-5-7-17(8-6-16)14-22-12-13-23(15-20(22)25)19(24)10-9-18-4-2-3-11-21-18/h2-8,11H,9-10,12-15H2,1H3. The Balaban J connectivity index is 1.50. The van der Waals surface area contributed by atoms with Gasteiger partial charge in [-0.05, 0) is 31.0 Å². The van der Waals surface area contributed by atoms with Crippen molar-refractivity contribution < 1.29 is 9.59 Å². The number of carbonyl (C=O) groups is 2. The van der Waals surface area contributed by atoms with Crippen LogP contribution in [0, 0.1) is 6.92 Å². The molecule has 1 aliphatic rings. The zero-order valence-corrected chi connectivity index (χ0v) is 14.5. The molecule has 130 valence electrons. The molecule has 1 aliphatic heterocycles. The Bertz CT molecular complexity index is 728. The summed E-state index contributed by atoms with van der Waals surface area (Å²) < 4.78 is 0. The van der Waals surface area contributed by atoms with Crippen molar-refractivity contribution in [1.82, 2.24) is 14.8 Å². The maximum atomic E-state index is 12.4. The third kappa shape index (κ3) is 4.66. The molecule has 0 N–H and O–H groups in total. The van der Waals surface area contributed by atoms with Crippen LogP contribution in [0.1, 0.15) is 23.2 Å². The van der Waals surface area contributed by atoms with Gasteiger partial charge in [0.25, 0.3) is 0 Å². The van der Waals surface area contributed by atoms with E-state index in [1.165, 1.54) is 5.56 Å². The topological polar surface area (TPSA) is 53.5 Å². The van der Waals surface area contributed by atoms with Gasteiger partial charge in [-0.3, -0.25) is 14.6 Å². The fraction of sp³-hybridized carbons (Fsp3) is 0.350. The molecule has 0 unspecified atom stereocenters. The minimum absolute atomic E-state index is 0.0120. The molecule has 1 aromatic heterocycles. The molecule has 2 heterocycles. The van der Waals surface area contributed by atoms with Gasteiger partial charge in [-0.25, -0.2) is 0 Å². The fourth-order valence-electron chi connectivity index (χ4n) is 2.94. The second kappa shape index (κ2) is 7.92. The second-order valence-electron chi connectivity index (χ2n) is 6.44. The van der Waals surface area contributed by atoms with Crippen LogP contribution < -0.4 is 0 Å². The lowest BCUT2D eigenvalue weighted by molar-refractivity contribution is -0.145. The largest absolute Gasteiger partial charge is 0.335 e. The highest BCUT2D eigenvalue weighted by atomic mass is 16.2. The third-order valence-corrected chi connectivity index (χ3v) is 4.49. The number of hydrogen-bond donors (Lipinski definition) is 0. The second-order valence-corrected chi connectivity index (χ2v) is 6.44. The highest BCUT2D eigenvalue weighted by molar-refractivity contribution is 5.86. The Hall–Kier alpha value is -2.69. The summed E-state index contributed by atoms with van der Waals surface area (Å²) in [5.74, 6) is 0.0343. The van der Waals surface area contributed by atoms with Crippen LogP contribution in [0.2, 0.25) is 0 Å². The zero-order chi connectivity index (χ0) is 17.6. The van der Waals surface area contributed by atoms with E-state index >= 15 is 0 Å². The van der Waals surface area contributed by atoms with Gasteiger partial charge in [0.15, 0.2) is 0 Å². The van der Waals surface area contributed by atoms with Crippen molar-refractivity contribution in [3.63, 3.8) is 0 Å². The Kier molecular flexibility index (Phi) is 5.43. The van der Waals surface area contributed by atoms with E-state index in [2.05, 4.69) is 17.1 Å². The summed E-state index contributed by atoms with van der Waals surface area (Å²) in [6, 6.07) is 13.9. The first-order valence-corrected chi connectivity index (χ1v) is 8.63. The van der Waals surface area contributed by atoms with Gasteiger partial charge in [-0.2, -0.15) is 0 Å². The van der Waals surface area contributed by atoms with Crippen molar-refractivity contribution in [3.05, 3.63) is 65.5 Å². The molecule has 5 nitrogen and oxygen atoms in total. The van der Waals surface area contributed by atoms with Crippen molar-refractivity contribution in [2.24, 2.45) is 0 Å². The maximum absolute atomic E-state index is 12.4. The molecule has 0 bridgehead atoms. The molecule has 3 rings (SSSR count). The average molecular weight is 337 g/mol. The number of aromatic nitrogens is 1. The van der Waals surface area contributed by atoms with E-state index in [-0.39, 0.29) is 18.4 Å². The van der Waals surface area contributed by atoms with Gasteiger partial charge in [0.2, 0.25) is 11.8 Å². The van der Waals surface area contributed by atoms with E-state index in [4.69, 9.17) is 0 Å². The lowest BCUT2D eigenvalue weighted by atomic mass is 10.1. The molecule has 0 spiro atoms. The predicted octanol–water partition coefficient (Wildman–Crippen LogP) is 2.19. The molecular weight excluding hydrogens is 314 g/mol. The van der Waals surface area contributed by atoms with E-state index < -0.39 is 0 Å². The third-order valence-electron chi connectivity index (χ3n) is 4.49. The Labute approximate surface area is 148 Å². The van der Waals surface area contributed by atoms with Gasteiger partial charge in [-0.15, -0.1) is 0 Å². The lowest BCUT2D eigenvalue weighted by Gasteiger charge is -2.34. The molecule has 25 heavy (non-hydrogen) atoms. The molecule has 0 aliphatic carbocycles. The predicted molar refractivity (Wildman–Crippen MR) is 95.7 cm³/mol. The number of benzene rings is 1. The van der Waals surface area contributed by atoms with Crippen LogP contribution in [0.4, 0.5) is 0 Å². The van der Waals surface area contributed by atoms with Crippen molar-refractivity contribution in [1.29, 1.82) is 0 Å². The first-order chi connectivity index (χ1) is 12.1. The Morgan fingerprint density at radius 2 is 1.92 bits per heavy atom. The van der Waals surface area contributed by atoms with Crippen LogP contribution in [-0.4, -0.2) is 46.2 Å². The summed E-state index contributed by atoms with van der Waals surface area (Å²) in [6.45, 7) is 4.01. The van der Waals surface area contributed by atoms with Crippen LogP contribution in [0.25, 0.3) is 0 Å². The van der Waals surface area contributed by atoms with Crippen LogP contribution >= 0.6 is 0 Å². The highest BCUT2D eigenvalue weighted by Gasteiger charge is 2.26. The quantitative estimate of drug-likeness (QED) is 0.840. The van der Waals surface area contributed by atoms with Gasteiger partial charge < -0.3 is 9.80 Å². The summed E-state index contributed by atoms with van der Waals surface area (Å²) in [6.07, 6.45) is 2.73. The van der Waals surface area contributed by atoms with E-state index in [1.54, 1.807) is 11.1 Å². The average Bonchev–Trinajstić information content (AvgIpc) is 2.64. The highest BCUT2D eigenvalue weighted by Crippen LogP contribution is 2.12. The van der Waals surface area contributed by atoms with E-state index in [1.807, 2.05) is 42.2 Å². The number of pyridine rings is 1. The summed E-state index contributed by atoms with van der Waals surface area (Å²) in [5.41, 5.74) is 3.23. The van der Waals surface area contributed by atoms with Crippen molar-refractivity contribution in [2.45, 2.75) is 26.3 Å². The monoisotopic (exact) mass is 337 g/mol. The summed E-state index contributed by atoms with van der Waals surface area (Å²) in [7, 11) is 0. The fourth-order valence-corrected chi connectivity index (χ4v) is 2.94. The van der Waals surface area contributed by atoms with E-state index in [0.29, 0.717) is 32.5 Å². The van der Waals surface area contributed by atoms with Crippen LogP contribution in [0.15, 0.2) is 48.7 Å². The molecule has 0 atom stereocenters. The first-order valence-electron chi connectivity index (χ1n) is 8.63. The van der Waals surface area contributed by atoms with Crippen molar-refractivity contribution in [2.75, 3.05) is 19.6 Å². The smallest absolute Gasteiger partial charge is 0.242 e. The van der Waals surface area contributed by atoms with Gasteiger partial charge in [0.05, 0.1) is 6.54 Å². The molecule has 2 amide bonds. The number of aryl methyl sites for hydroxylation is 2. The van der Waals surface area contributed by atoms with Gasteiger partial charge in [0.1, 0.15) is 0 Å². The molecule has 1 aromatic carbocycles. The van der Waals surface area contributed by atoms with Gasteiger partial charge in [0, 0.05) is 37.9 Å². The summed E-state index contributed by atoms with van der Waals surface area (Å²) in [5, 5.41) is 0. The number of piperazine rings is 1. The SMILES string of the molecule is Cc1ccc(CN2CCN(C(=O)CCc3ccccn3)CC2=O)cc1. The Morgan fingerprint density at radius 3 is 2.60 bits per heavy atom. The van der Waals surface area contributed by atoms with Crippen LogP contribution in [0.5, 0.6) is 0 Å². The Morgan fingerprint density at radius 1 is 1.12 bits per heavy atom. The van der Waals surface area contributed by atoms with Gasteiger partial charge in [-0.1, -0.05) is 35.9 Å².